The molecule has 1 aromatic carbocycles. The highest BCUT2D eigenvalue weighted by Crippen LogP contribution is 2.30. The molecule has 2 aromatic rings. The summed E-state index contributed by atoms with van der Waals surface area (Å²) in [6, 6.07) is 5.99. The van der Waals surface area contributed by atoms with Crippen molar-refractivity contribution in [3.63, 3.8) is 0 Å². The van der Waals surface area contributed by atoms with E-state index in [4.69, 9.17) is 21.1 Å². The van der Waals surface area contributed by atoms with Gasteiger partial charge >= 0.3 is 0 Å². The zero-order valence-corrected chi connectivity index (χ0v) is 11.6. The fraction of sp³-hybridized carbons (Fsp3) is 0.333. The second-order valence-corrected chi connectivity index (χ2v) is 4.94. The molecule has 19 heavy (non-hydrogen) atoms. The van der Waals surface area contributed by atoms with Crippen molar-refractivity contribution >= 4 is 29.1 Å². The summed E-state index contributed by atoms with van der Waals surface area (Å²) < 4.78 is 19.0. The number of benzene rings is 1. The highest BCUT2D eigenvalue weighted by Gasteiger charge is 2.11. The molecule has 0 saturated carbocycles. The SMILES string of the molecule is Clc1nsnc1NCCc1ccc2c(c1)OCCO2. The van der Waals surface area contributed by atoms with Crippen LogP contribution in [0.5, 0.6) is 11.5 Å². The van der Waals surface area contributed by atoms with Crippen LogP contribution in [0.3, 0.4) is 0 Å². The third kappa shape index (κ3) is 2.90. The molecule has 1 aliphatic heterocycles. The van der Waals surface area contributed by atoms with Gasteiger partial charge in [-0.05, 0) is 24.1 Å². The van der Waals surface area contributed by atoms with Crippen LogP contribution in [0.25, 0.3) is 0 Å². The maximum atomic E-state index is 5.85. The van der Waals surface area contributed by atoms with Crippen molar-refractivity contribution < 1.29 is 9.47 Å². The molecule has 0 saturated heterocycles. The number of ether oxygens (including phenoxy) is 2. The number of nitrogens with zero attached hydrogens (tertiary/aromatic N) is 2. The first kappa shape index (κ1) is 12.5. The van der Waals surface area contributed by atoms with Crippen molar-refractivity contribution in [2.75, 3.05) is 25.1 Å². The molecule has 0 amide bonds. The molecule has 0 unspecified atom stereocenters. The smallest absolute Gasteiger partial charge is 0.186 e. The van der Waals surface area contributed by atoms with Crippen LogP contribution in [0.15, 0.2) is 18.2 Å². The molecular weight excluding hydrogens is 286 g/mol. The molecule has 0 fully saturated rings. The van der Waals surface area contributed by atoms with Gasteiger partial charge in [0, 0.05) is 6.54 Å². The lowest BCUT2D eigenvalue weighted by molar-refractivity contribution is 0.171. The highest BCUT2D eigenvalue weighted by molar-refractivity contribution is 6.99. The maximum absolute atomic E-state index is 5.85. The Morgan fingerprint density at radius 3 is 2.84 bits per heavy atom. The van der Waals surface area contributed by atoms with E-state index in [1.54, 1.807) is 0 Å². The molecule has 0 aliphatic carbocycles. The summed E-state index contributed by atoms with van der Waals surface area (Å²) in [5.41, 5.74) is 1.18. The van der Waals surface area contributed by atoms with Gasteiger partial charge in [0.2, 0.25) is 0 Å². The van der Waals surface area contributed by atoms with Crippen LogP contribution in [0.1, 0.15) is 5.56 Å². The summed E-state index contributed by atoms with van der Waals surface area (Å²) in [5, 5.41) is 3.58. The molecule has 0 spiro atoms. The van der Waals surface area contributed by atoms with Gasteiger partial charge in [0.15, 0.2) is 22.5 Å². The number of anilines is 1. The van der Waals surface area contributed by atoms with Crippen LogP contribution in [0.2, 0.25) is 5.15 Å². The molecule has 1 aliphatic rings. The molecule has 3 rings (SSSR count). The van der Waals surface area contributed by atoms with Crippen molar-refractivity contribution in [1.29, 1.82) is 0 Å². The third-order valence-corrected chi connectivity index (χ3v) is 3.65. The maximum Gasteiger partial charge on any atom is 0.186 e. The van der Waals surface area contributed by atoms with Gasteiger partial charge in [-0.15, -0.1) is 0 Å². The van der Waals surface area contributed by atoms with Crippen molar-refractivity contribution in [1.82, 2.24) is 8.75 Å². The molecule has 1 N–H and O–H groups in total. The molecule has 0 radical (unpaired) electrons. The molecule has 100 valence electrons. The van der Waals surface area contributed by atoms with E-state index in [1.807, 2.05) is 18.2 Å². The van der Waals surface area contributed by atoms with Crippen LogP contribution >= 0.6 is 23.3 Å². The Morgan fingerprint density at radius 2 is 2.05 bits per heavy atom. The monoisotopic (exact) mass is 297 g/mol. The van der Waals surface area contributed by atoms with E-state index >= 15 is 0 Å². The summed E-state index contributed by atoms with van der Waals surface area (Å²) in [6.45, 7) is 1.96. The first-order chi connectivity index (χ1) is 9.33. The van der Waals surface area contributed by atoms with Gasteiger partial charge in [0.25, 0.3) is 0 Å². The van der Waals surface area contributed by atoms with Crippen LogP contribution in [-0.2, 0) is 6.42 Å². The molecule has 1 aromatic heterocycles. The van der Waals surface area contributed by atoms with Gasteiger partial charge < -0.3 is 14.8 Å². The second kappa shape index (κ2) is 5.63. The van der Waals surface area contributed by atoms with E-state index in [9.17, 15) is 0 Å². The zero-order valence-electron chi connectivity index (χ0n) is 10.1. The number of hydrogen-bond donors (Lipinski definition) is 1. The van der Waals surface area contributed by atoms with Crippen molar-refractivity contribution in [2.24, 2.45) is 0 Å². The summed E-state index contributed by atoms with van der Waals surface area (Å²) in [7, 11) is 0. The quantitative estimate of drug-likeness (QED) is 0.940. The van der Waals surface area contributed by atoms with Crippen LogP contribution in [0, 0.1) is 0 Å². The molecule has 0 atom stereocenters. The molecular formula is C12H12ClN3O2S. The lowest BCUT2D eigenvalue weighted by Gasteiger charge is -2.18. The number of aromatic nitrogens is 2. The van der Waals surface area contributed by atoms with Gasteiger partial charge in [-0.1, -0.05) is 17.7 Å². The van der Waals surface area contributed by atoms with Gasteiger partial charge in [-0.3, -0.25) is 0 Å². The van der Waals surface area contributed by atoms with Crippen molar-refractivity contribution in [2.45, 2.75) is 6.42 Å². The summed E-state index contributed by atoms with van der Waals surface area (Å²) in [4.78, 5) is 0. The predicted molar refractivity (Wildman–Crippen MR) is 74.5 cm³/mol. The Labute approximate surface area is 119 Å². The fourth-order valence-corrected chi connectivity index (χ4v) is 2.54. The van der Waals surface area contributed by atoms with Gasteiger partial charge in [0.05, 0.1) is 11.7 Å². The number of hydrogen-bond acceptors (Lipinski definition) is 6. The van der Waals surface area contributed by atoms with Gasteiger partial charge in [0.1, 0.15) is 13.2 Å². The lowest BCUT2D eigenvalue weighted by Crippen LogP contribution is -2.15. The van der Waals surface area contributed by atoms with E-state index in [-0.39, 0.29) is 0 Å². The van der Waals surface area contributed by atoms with Gasteiger partial charge in [-0.2, -0.15) is 8.75 Å². The van der Waals surface area contributed by atoms with E-state index < -0.39 is 0 Å². The number of fused-ring (bicyclic) bond motifs is 1. The number of halogens is 1. The molecule has 2 heterocycles. The van der Waals surface area contributed by atoms with Crippen molar-refractivity contribution in [3.8, 4) is 11.5 Å². The van der Waals surface area contributed by atoms with Gasteiger partial charge in [-0.25, -0.2) is 0 Å². The van der Waals surface area contributed by atoms with Crippen LogP contribution in [0.4, 0.5) is 5.82 Å². The largest absolute Gasteiger partial charge is 0.486 e. The lowest BCUT2D eigenvalue weighted by atomic mass is 10.1. The second-order valence-electron chi connectivity index (χ2n) is 4.06. The van der Waals surface area contributed by atoms with E-state index in [2.05, 4.69) is 14.1 Å². The average molecular weight is 298 g/mol. The Balaban J connectivity index is 1.59. The van der Waals surface area contributed by atoms with E-state index in [0.717, 1.165) is 36.2 Å². The highest BCUT2D eigenvalue weighted by atomic mass is 35.5. The summed E-state index contributed by atoms with van der Waals surface area (Å²) >= 11 is 6.95. The first-order valence-corrected chi connectivity index (χ1v) is 7.04. The first-order valence-electron chi connectivity index (χ1n) is 5.93. The van der Waals surface area contributed by atoms with Crippen molar-refractivity contribution in [3.05, 3.63) is 28.9 Å². The Kier molecular flexibility index (Phi) is 3.70. The Hall–Kier alpha value is -1.53. The molecule has 5 nitrogen and oxygen atoms in total. The zero-order chi connectivity index (χ0) is 13.1. The summed E-state index contributed by atoms with van der Waals surface area (Å²) in [5.74, 6) is 2.27. The minimum atomic E-state index is 0.423. The summed E-state index contributed by atoms with van der Waals surface area (Å²) in [6.07, 6.45) is 0.852. The van der Waals surface area contributed by atoms with Crippen LogP contribution in [-0.4, -0.2) is 28.5 Å². The van der Waals surface area contributed by atoms with E-state index in [0.29, 0.717) is 24.2 Å². The standard InChI is InChI=1S/C12H12ClN3O2S/c13-11-12(16-19-15-11)14-4-3-8-1-2-9-10(7-8)18-6-5-17-9/h1-2,7H,3-6H2,(H,14,16). The average Bonchev–Trinajstić information content (AvgIpc) is 2.84. The number of rotatable bonds is 4. The molecule has 7 heteroatoms. The minimum Gasteiger partial charge on any atom is -0.486 e. The predicted octanol–water partition coefficient (Wildman–Crippen LogP) is 2.62. The fourth-order valence-electron chi connectivity index (χ4n) is 1.85. The number of nitrogens with one attached hydrogen (secondary N) is 1. The van der Waals surface area contributed by atoms with Crippen LogP contribution < -0.4 is 14.8 Å². The Morgan fingerprint density at radius 1 is 1.21 bits per heavy atom. The van der Waals surface area contributed by atoms with E-state index in [1.165, 1.54) is 5.56 Å². The normalized spacial score (nSPS) is 13.3. The Bertz CT molecular complexity index is 576. The topological polar surface area (TPSA) is 56.3 Å². The minimum absolute atomic E-state index is 0.423. The third-order valence-electron chi connectivity index (χ3n) is 2.76. The molecule has 0 bridgehead atoms.